The van der Waals surface area contributed by atoms with Crippen LogP contribution < -0.4 is 4.90 Å². The maximum Gasteiger partial charge on any atom is 0.152 e. The molecule has 5 heteroatoms. The maximum absolute atomic E-state index is 6.17. The van der Waals surface area contributed by atoms with Gasteiger partial charge in [0.15, 0.2) is 5.82 Å². The van der Waals surface area contributed by atoms with E-state index in [1.807, 2.05) is 35.7 Å². The van der Waals surface area contributed by atoms with E-state index in [2.05, 4.69) is 20.7 Å². The summed E-state index contributed by atoms with van der Waals surface area (Å²) >= 11 is 8.02. The molecular formula is C15H14ClN3S. The van der Waals surface area contributed by atoms with Gasteiger partial charge < -0.3 is 9.30 Å². The molecular weight excluding hydrogens is 290 g/mol. The largest absolute Gasteiger partial charge is 0.350 e. The van der Waals surface area contributed by atoms with Crippen molar-refractivity contribution in [1.29, 1.82) is 0 Å². The van der Waals surface area contributed by atoms with Crippen molar-refractivity contribution >= 4 is 34.4 Å². The Labute approximate surface area is 126 Å². The van der Waals surface area contributed by atoms with Crippen molar-refractivity contribution < 1.29 is 0 Å². The third kappa shape index (κ3) is 1.83. The highest BCUT2D eigenvalue weighted by Crippen LogP contribution is 2.30. The minimum absolute atomic E-state index is 0.480. The molecule has 0 atom stereocenters. The van der Waals surface area contributed by atoms with Crippen molar-refractivity contribution in [2.45, 2.75) is 18.8 Å². The molecule has 0 fully saturated rings. The minimum atomic E-state index is 0.480. The smallest absolute Gasteiger partial charge is 0.152 e. The molecule has 3 nitrogen and oxygen atoms in total. The number of nitrogens with zero attached hydrogens (tertiary/aromatic N) is 3. The summed E-state index contributed by atoms with van der Waals surface area (Å²) in [6, 6.07) is 8.28. The van der Waals surface area contributed by atoms with Gasteiger partial charge in [-0.25, -0.2) is 4.98 Å². The Morgan fingerprint density at radius 2 is 2.25 bits per heavy atom. The van der Waals surface area contributed by atoms with Crippen LogP contribution in [0.15, 0.2) is 35.8 Å². The fourth-order valence-electron chi connectivity index (χ4n) is 2.84. The molecule has 102 valence electrons. The average Bonchev–Trinajstić information content (AvgIpc) is 3.10. The van der Waals surface area contributed by atoms with Gasteiger partial charge >= 0.3 is 0 Å². The van der Waals surface area contributed by atoms with Gasteiger partial charge in [-0.05, 0) is 35.6 Å². The molecule has 0 saturated carbocycles. The van der Waals surface area contributed by atoms with E-state index in [4.69, 9.17) is 16.6 Å². The normalized spacial score (nSPS) is 14.8. The number of thiophene rings is 1. The minimum Gasteiger partial charge on any atom is -0.350 e. The quantitative estimate of drug-likeness (QED) is 0.673. The maximum atomic E-state index is 6.17. The first-order valence-corrected chi connectivity index (χ1v) is 8.10. The number of hydrogen-bond donors (Lipinski definition) is 0. The Balaban J connectivity index is 1.79. The second kappa shape index (κ2) is 4.79. The molecule has 0 bridgehead atoms. The number of anilines is 1. The molecule has 0 amide bonds. The van der Waals surface area contributed by atoms with E-state index in [1.54, 1.807) is 0 Å². The monoisotopic (exact) mass is 303 g/mol. The fraction of sp³-hybridized carbons (Fsp3) is 0.267. The summed E-state index contributed by atoms with van der Waals surface area (Å²) in [5, 5.41) is 2.18. The molecule has 0 radical (unpaired) electrons. The highest BCUT2D eigenvalue weighted by Gasteiger charge is 2.22. The Bertz CT molecular complexity index is 761. The first-order valence-electron chi connectivity index (χ1n) is 6.69. The molecule has 1 aliphatic rings. The van der Waals surface area contributed by atoms with Crippen molar-refractivity contribution in [3.05, 3.63) is 52.0 Å². The summed E-state index contributed by atoms with van der Waals surface area (Å²) in [4.78, 5) is 8.63. The van der Waals surface area contributed by atoms with Crippen LogP contribution in [0.1, 0.15) is 16.1 Å². The first-order chi connectivity index (χ1) is 9.86. The predicted octanol–water partition coefficient (Wildman–Crippen LogP) is 3.70. The second-order valence-corrected chi connectivity index (χ2v) is 6.25. The van der Waals surface area contributed by atoms with Gasteiger partial charge in [0.05, 0.1) is 11.6 Å². The SMILES string of the molecule is ClCc1c(N2CCc3sccc3C2)nc2ccccn12. The zero-order valence-corrected chi connectivity index (χ0v) is 12.5. The number of rotatable bonds is 2. The zero-order valence-electron chi connectivity index (χ0n) is 10.9. The van der Waals surface area contributed by atoms with Gasteiger partial charge in [0.2, 0.25) is 0 Å². The zero-order chi connectivity index (χ0) is 13.5. The lowest BCUT2D eigenvalue weighted by atomic mass is 10.1. The van der Waals surface area contributed by atoms with Crippen molar-refractivity contribution in [2.24, 2.45) is 0 Å². The Morgan fingerprint density at radius 3 is 3.15 bits per heavy atom. The van der Waals surface area contributed by atoms with E-state index < -0.39 is 0 Å². The Kier molecular flexibility index (Phi) is 2.93. The number of alkyl halides is 1. The summed E-state index contributed by atoms with van der Waals surface area (Å²) in [5.41, 5.74) is 3.48. The molecule has 0 aromatic carbocycles. The van der Waals surface area contributed by atoms with Gasteiger partial charge in [0.1, 0.15) is 5.65 Å². The molecule has 4 rings (SSSR count). The summed E-state index contributed by atoms with van der Waals surface area (Å²) in [7, 11) is 0. The van der Waals surface area contributed by atoms with Crippen molar-refractivity contribution in [1.82, 2.24) is 9.38 Å². The lowest BCUT2D eigenvalue weighted by Gasteiger charge is -2.27. The second-order valence-electron chi connectivity index (χ2n) is 4.99. The van der Waals surface area contributed by atoms with Crippen LogP contribution in [0, 0.1) is 0 Å². The molecule has 0 saturated heterocycles. The molecule has 0 aliphatic carbocycles. The molecule has 3 aromatic rings. The highest BCUT2D eigenvalue weighted by molar-refractivity contribution is 7.10. The van der Waals surface area contributed by atoms with Crippen molar-refractivity contribution in [2.75, 3.05) is 11.4 Å². The van der Waals surface area contributed by atoms with Crippen LogP contribution in [0.5, 0.6) is 0 Å². The number of halogens is 1. The van der Waals surface area contributed by atoms with Crippen LogP contribution in [-0.2, 0) is 18.8 Å². The topological polar surface area (TPSA) is 20.5 Å². The van der Waals surface area contributed by atoms with E-state index >= 15 is 0 Å². The molecule has 3 aromatic heterocycles. The van der Waals surface area contributed by atoms with Crippen molar-refractivity contribution in [3.8, 4) is 0 Å². The highest BCUT2D eigenvalue weighted by atomic mass is 35.5. The van der Waals surface area contributed by atoms with E-state index in [0.717, 1.165) is 36.7 Å². The average molecular weight is 304 g/mol. The number of hydrogen-bond acceptors (Lipinski definition) is 3. The van der Waals surface area contributed by atoms with Gasteiger partial charge in [-0.3, -0.25) is 0 Å². The third-order valence-corrected chi connectivity index (χ3v) is 5.12. The van der Waals surface area contributed by atoms with Gasteiger partial charge in [-0.2, -0.15) is 0 Å². The molecule has 0 N–H and O–H groups in total. The van der Waals surface area contributed by atoms with Gasteiger partial charge in [-0.15, -0.1) is 22.9 Å². The third-order valence-electron chi connectivity index (χ3n) is 3.84. The summed E-state index contributed by atoms with van der Waals surface area (Å²) in [6.45, 7) is 1.95. The van der Waals surface area contributed by atoms with Crippen LogP contribution in [0.2, 0.25) is 0 Å². The van der Waals surface area contributed by atoms with Crippen molar-refractivity contribution in [3.63, 3.8) is 0 Å². The Morgan fingerprint density at radius 1 is 1.30 bits per heavy atom. The fourth-order valence-corrected chi connectivity index (χ4v) is 3.98. The molecule has 0 unspecified atom stereocenters. The van der Waals surface area contributed by atoms with Gasteiger partial charge in [0.25, 0.3) is 0 Å². The lowest BCUT2D eigenvalue weighted by molar-refractivity contribution is 0.731. The standard InChI is InChI=1S/C15H14ClN3S/c16-9-12-15(17-14-3-1-2-6-19(12)14)18-7-4-13-11(10-18)5-8-20-13/h1-3,5-6,8H,4,7,9-10H2. The number of imidazole rings is 1. The summed E-state index contributed by atoms with van der Waals surface area (Å²) in [6.07, 6.45) is 3.13. The Hall–Kier alpha value is -1.52. The first kappa shape index (κ1) is 12.2. The van der Waals surface area contributed by atoms with Crippen LogP contribution in [0.3, 0.4) is 0 Å². The van der Waals surface area contributed by atoms with Gasteiger partial charge in [-0.1, -0.05) is 6.07 Å². The summed E-state index contributed by atoms with van der Waals surface area (Å²) < 4.78 is 2.09. The summed E-state index contributed by atoms with van der Waals surface area (Å²) in [5.74, 6) is 1.51. The molecule has 4 heterocycles. The number of pyridine rings is 1. The predicted molar refractivity (Wildman–Crippen MR) is 83.8 cm³/mol. The van der Waals surface area contributed by atoms with E-state index in [-0.39, 0.29) is 0 Å². The molecule has 20 heavy (non-hydrogen) atoms. The van der Waals surface area contributed by atoms with E-state index in [9.17, 15) is 0 Å². The van der Waals surface area contributed by atoms with Gasteiger partial charge in [0, 0.05) is 24.2 Å². The van der Waals surface area contributed by atoms with E-state index in [1.165, 1.54) is 10.4 Å². The van der Waals surface area contributed by atoms with E-state index in [0.29, 0.717) is 5.88 Å². The number of aromatic nitrogens is 2. The van der Waals surface area contributed by atoms with Crippen LogP contribution >= 0.6 is 22.9 Å². The van der Waals surface area contributed by atoms with Crippen LogP contribution in [-0.4, -0.2) is 15.9 Å². The van der Waals surface area contributed by atoms with Crippen LogP contribution in [0.25, 0.3) is 5.65 Å². The van der Waals surface area contributed by atoms with Crippen LogP contribution in [0.4, 0.5) is 5.82 Å². The lowest BCUT2D eigenvalue weighted by Crippen LogP contribution is -2.30. The molecule has 1 aliphatic heterocycles. The molecule has 0 spiro atoms. The number of fused-ring (bicyclic) bond motifs is 2.